The van der Waals surface area contributed by atoms with Gasteiger partial charge in [0.25, 0.3) is 0 Å². The van der Waals surface area contributed by atoms with E-state index >= 15 is 0 Å². The van der Waals surface area contributed by atoms with Crippen molar-refractivity contribution in [1.29, 1.82) is 0 Å². The van der Waals surface area contributed by atoms with Crippen molar-refractivity contribution < 1.29 is 9.47 Å². The Balaban J connectivity index is 2.08. The van der Waals surface area contributed by atoms with Gasteiger partial charge in [0, 0.05) is 12.6 Å². The highest BCUT2D eigenvalue weighted by molar-refractivity contribution is 6.17. The molecule has 0 saturated heterocycles. The number of benzene rings is 1. The van der Waals surface area contributed by atoms with Crippen LogP contribution in [0.25, 0.3) is 0 Å². The fourth-order valence-corrected chi connectivity index (χ4v) is 1.75. The summed E-state index contributed by atoms with van der Waals surface area (Å²) in [5.74, 6) is 1.86. The third kappa shape index (κ3) is 2.92. The molecule has 2 aromatic rings. The van der Waals surface area contributed by atoms with Gasteiger partial charge < -0.3 is 9.47 Å². The van der Waals surface area contributed by atoms with Crippen LogP contribution in [-0.4, -0.2) is 22.1 Å². The van der Waals surface area contributed by atoms with Crippen LogP contribution in [0.5, 0.6) is 11.5 Å². The zero-order valence-electron chi connectivity index (χ0n) is 10.3. The van der Waals surface area contributed by atoms with Crippen molar-refractivity contribution in [2.24, 2.45) is 7.05 Å². The van der Waals surface area contributed by atoms with Crippen LogP contribution in [0.1, 0.15) is 11.3 Å². The molecule has 5 nitrogen and oxygen atoms in total. The van der Waals surface area contributed by atoms with Crippen LogP contribution in [0.2, 0.25) is 0 Å². The monoisotopic (exact) mass is 267 g/mol. The summed E-state index contributed by atoms with van der Waals surface area (Å²) in [7, 11) is 3.43. The minimum atomic E-state index is 0.365. The van der Waals surface area contributed by atoms with E-state index in [1.807, 2.05) is 31.4 Å². The largest absolute Gasteiger partial charge is 0.497 e. The van der Waals surface area contributed by atoms with Crippen LogP contribution in [0.15, 0.2) is 24.4 Å². The van der Waals surface area contributed by atoms with Gasteiger partial charge in [-0.05, 0) is 18.2 Å². The molecule has 96 valence electrons. The van der Waals surface area contributed by atoms with Crippen LogP contribution in [-0.2, 0) is 19.5 Å². The molecule has 0 atom stereocenters. The standard InChI is InChI=1S/C12H14ClN3O2/c1-16-7-10(14-15-16)8-18-12-4-3-11(17-2)5-9(12)6-13/h3-5,7H,6,8H2,1-2H3. The molecule has 0 amide bonds. The zero-order valence-corrected chi connectivity index (χ0v) is 11.0. The molecule has 0 fully saturated rings. The van der Waals surface area contributed by atoms with Gasteiger partial charge in [0.05, 0.1) is 19.2 Å². The minimum Gasteiger partial charge on any atom is -0.497 e. The maximum Gasteiger partial charge on any atom is 0.134 e. The normalized spacial score (nSPS) is 10.4. The predicted molar refractivity (Wildman–Crippen MR) is 67.9 cm³/mol. The molecule has 0 spiro atoms. The van der Waals surface area contributed by atoms with Gasteiger partial charge in [-0.25, -0.2) is 0 Å². The number of hydrogen-bond acceptors (Lipinski definition) is 4. The lowest BCUT2D eigenvalue weighted by Gasteiger charge is -2.10. The number of halogens is 1. The number of rotatable bonds is 5. The van der Waals surface area contributed by atoms with E-state index in [9.17, 15) is 0 Å². The summed E-state index contributed by atoms with van der Waals surface area (Å²) >= 11 is 5.88. The molecule has 18 heavy (non-hydrogen) atoms. The molecule has 0 aliphatic carbocycles. The highest BCUT2D eigenvalue weighted by atomic mass is 35.5. The molecular formula is C12H14ClN3O2. The van der Waals surface area contributed by atoms with E-state index in [4.69, 9.17) is 21.1 Å². The van der Waals surface area contributed by atoms with E-state index in [1.54, 1.807) is 11.8 Å². The molecule has 0 aliphatic heterocycles. The Morgan fingerprint density at radius 3 is 2.83 bits per heavy atom. The van der Waals surface area contributed by atoms with E-state index in [0.717, 1.165) is 22.8 Å². The number of aromatic nitrogens is 3. The number of alkyl halides is 1. The van der Waals surface area contributed by atoms with Crippen LogP contribution >= 0.6 is 11.6 Å². The molecule has 2 rings (SSSR count). The molecule has 1 aromatic carbocycles. The first-order valence-electron chi connectivity index (χ1n) is 5.44. The van der Waals surface area contributed by atoms with Crippen LogP contribution in [0.3, 0.4) is 0 Å². The second kappa shape index (κ2) is 5.73. The molecule has 0 aliphatic rings. The van der Waals surface area contributed by atoms with Crippen molar-refractivity contribution in [3.05, 3.63) is 35.7 Å². The van der Waals surface area contributed by atoms with Crippen LogP contribution in [0.4, 0.5) is 0 Å². The third-order valence-corrected chi connectivity index (χ3v) is 2.73. The quantitative estimate of drug-likeness (QED) is 0.779. The number of ether oxygens (including phenoxy) is 2. The van der Waals surface area contributed by atoms with Gasteiger partial charge in [-0.1, -0.05) is 5.21 Å². The third-order valence-electron chi connectivity index (χ3n) is 2.44. The van der Waals surface area contributed by atoms with Crippen molar-refractivity contribution in [2.45, 2.75) is 12.5 Å². The average molecular weight is 268 g/mol. The minimum absolute atomic E-state index is 0.365. The molecule has 0 N–H and O–H groups in total. The Morgan fingerprint density at radius 1 is 1.39 bits per heavy atom. The first kappa shape index (κ1) is 12.7. The smallest absolute Gasteiger partial charge is 0.134 e. The van der Waals surface area contributed by atoms with E-state index in [1.165, 1.54) is 0 Å². The highest BCUT2D eigenvalue weighted by Gasteiger charge is 2.06. The summed E-state index contributed by atoms with van der Waals surface area (Å²) in [6.45, 7) is 0.365. The topological polar surface area (TPSA) is 49.2 Å². The zero-order chi connectivity index (χ0) is 13.0. The summed E-state index contributed by atoms with van der Waals surface area (Å²) in [6, 6.07) is 5.54. The second-order valence-corrected chi connectivity index (χ2v) is 4.05. The molecule has 1 aromatic heterocycles. The molecule has 6 heteroatoms. The van der Waals surface area contributed by atoms with E-state index < -0.39 is 0 Å². The lowest BCUT2D eigenvalue weighted by molar-refractivity contribution is 0.298. The summed E-state index contributed by atoms with van der Waals surface area (Å²) in [5.41, 5.74) is 1.66. The van der Waals surface area contributed by atoms with Gasteiger partial charge in [0.15, 0.2) is 0 Å². The molecular weight excluding hydrogens is 254 g/mol. The Morgan fingerprint density at radius 2 is 2.22 bits per heavy atom. The number of nitrogens with zero attached hydrogens (tertiary/aromatic N) is 3. The van der Waals surface area contributed by atoms with E-state index in [-0.39, 0.29) is 0 Å². The fourth-order valence-electron chi connectivity index (χ4n) is 1.54. The highest BCUT2D eigenvalue weighted by Crippen LogP contribution is 2.26. The van der Waals surface area contributed by atoms with E-state index in [2.05, 4.69) is 10.3 Å². The Bertz CT molecular complexity index is 528. The molecule has 1 heterocycles. The molecule has 0 bridgehead atoms. The summed E-state index contributed by atoms with van der Waals surface area (Å²) in [5, 5.41) is 7.79. The predicted octanol–water partition coefficient (Wildman–Crippen LogP) is 2.14. The van der Waals surface area contributed by atoms with E-state index in [0.29, 0.717) is 12.5 Å². The first-order chi connectivity index (χ1) is 8.72. The maximum atomic E-state index is 5.88. The lowest BCUT2D eigenvalue weighted by Crippen LogP contribution is -1.99. The SMILES string of the molecule is COc1ccc(OCc2cn(C)nn2)c(CCl)c1. The number of hydrogen-bond donors (Lipinski definition) is 0. The van der Waals surface area contributed by atoms with Crippen LogP contribution in [0, 0.1) is 0 Å². The molecule has 0 saturated carbocycles. The summed E-state index contributed by atoms with van der Waals surface area (Å²) in [4.78, 5) is 0. The fraction of sp³-hybridized carbons (Fsp3) is 0.333. The maximum absolute atomic E-state index is 5.88. The molecule has 0 unspecified atom stereocenters. The van der Waals surface area contributed by atoms with Crippen molar-refractivity contribution in [3.8, 4) is 11.5 Å². The van der Waals surface area contributed by atoms with Crippen LogP contribution < -0.4 is 9.47 Å². The number of methoxy groups -OCH3 is 1. The Kier molecular flexibility index (Phi) is 4.04. The Hall–Kier alpha value is -1.75. The summed E-state index contributed by atoms with van der Waals surface area (Å²) < 4.78 is 12.4. The summed E-state index contributed by atoms with van der Waals surface area (Å²) in [6.07, 6.45) is 1.81. The first-order valence-corrected chi connectivity index (χ1v) is 5.97. The average Bonchev–Trinajstić information content (AvgIpc) is 2.82. The van der Waals surface area contributed by atoms with Gasteiger partial charge in [0.1, 0.15) is 23.8 Å². The van der Waals surface area contributed by atoms with Gasteiger partial charge in [-0.15, -0.1) is 16.7 Å². The number of aryl methyl sites for hydroxylation is 1. The van der Waals surface area contributed by atoms with Gasteiger partial charge in [-0.3, -0.25) is 4.68 Å². The van der Waals surface area contributed by atoms with Gasteiger partial charge >= 0.3 is 0 Å². The Labute approximate surface area is 110 Å². The second-order valence-electron chi connectivity index (χ2n) is 3.78. The van der Waals surface area contributed by atoms with Crippen molar-refractivity contribution in [3.63, 3.8) is 0 Å². The lowest BCUT2D eigenvalue weighted by atomic mass is 10.2. The van der Waals surface area contributed by atoms with Crippen molar-refractivity contribution >= 4 is 11.6 Å². The molecule has 0 radical (unpaired) electrons. The van der Waals surface area contributed by atoms with Gasteiger partial charge in [-0.2, -0.15) is 0 Å². The van der Waals surface area contributed by atoms with Crippen molar-refractivity contribution in [1.82, 2.24) is 15.0 Å². The van der Waals surface area contributed by atoms with Gasteiger partial charge in [0.2, 0.25) is 0 Å². The van der Waals surface area contributed by atoms with Crippen molar-refractivity contribution in [2.75, 3.05) is 7.11 Å².